The maximum Gasteiger partial charge on any atom is 0.454 e. The van der Waals surface area contributed by atoms with Gasteiger partial charge in [0.1, 0.15) is 11.6 Å². The Balaban J connectivity index is 1.68. The topological polar surface area (TPSA) is 130 Å². The number of morpholine rings is 1. The number of ether oxygens (including phenoxy) is 2. The Labute approximate surface area is 226 Å². The highest BCUT2D eigenvalue weighted by molar-refractivity contribution is 7.49. The van der Waals surface area contributed by atoms with Crippen molar-refractivity contribution < 1.29 is 54.6 Å². The molecule has 3 N–H and O–H groups in total. The first-order chi connectivity index (χ1) is 18.9. The normalized spacial score (nSPS) is 19.9. The van der Waals surface area contributed by atoms with Crippen molar-refractivity contribution in [1.82, 2.24) is 19.4 Å². The Hall–Kier alpha value is -3.08. The summed E-state index contributed by atoms with van der Waals surface area (Å²) >= 11 is 0. The molecule has 41 heavy (non-hydrogen) atoms. The molecule has 0 amide bonds. The summed E-state index contributed by atoms with van der Waals surface area (Å²) in [5, 5.41) is 3.61. The van der Waals surface area contributed by atoms with Crippen LogP contribution < -0.4 is 5.69 Å². The van der Waals surface area contributed by atoms with Crippen molar-refractivity contribution in [1.29, 1.82) is 0 Å². The van der Waals surface area contributed by atoms with Gasteiger partial charge in [-0.1, -0.05) is 12.1 Å². The molecule has 4 rings (SSSR count). The van der Waals surface area contributed by atoms with Crippen LogP contribution in [-0.2, 0) is 32.9 Å². The summed E-state index contributed by atoms with van der Waals surface area (Å²) < 4.78 is 117. The minimum Gasteiger partial charge on any atom is -0.349 e. The first-order valence-electron chi connectivity index (χ1n) is 11.7. The van der Waals surface area contributed by atoms with E-state index in [4.69, 9.17) is 9.47 Å². The van der Waals surface area contributed by atoms with Gasteiger partial charge in [-0.15, -0.1) is 9.55 Å². The number of nitrogens with zero attached hydrogens (tertiary/aromatic N) is 3. The zero-order valence-corrected chi connectivity index (χ0v) is 21.8. The molecule has 0 unspecified atom stereocenters. The van der Waals surface area contributed by atoms with Crippen LogP contribution in [0.1, 0.15) is 47.1 Å². The molecule has 0 aliphatic carbocycles. The van der Waals surface area contributed by atoms with E-state index in [1.165, 1.54) is 19.1 Å². The van der Waals surface area contributed by atoms with Gasteiger partial charge in [-0.25, -0.2) is 13.8 Å². The Kier molecular flexibility index (Phi) is 8.51. The number of aromatic nitrogens is 3. The number of aromatic amines is 1. The number of hydrogen-bond donors (Lipinski definition) is 3. The lowest BCUT2D eigenvalue weighted by Gasteiger charge is -2.41. The van der Waals surface area contributed by atoms with Crippen LogP contribution in [0.15, 0.2) is 47.3 Å². The van der Waals surface area contributed by atoms with Crippen molar-refractivity contribution in [3.8, 4) is 0 Å². The van der Waals surface area contributed by atoms with E-state index in [-0.39, 0.29) is 36.0 Å². The lowest BCUT2D eigenvalue weighted by Crippen LogP contribution is -2.46. The van der Waals surface area contributed by atoms with Crippen molar-refractivity contribution in [3.05, 3.63) is 86.8 Å². The Morgan fingerprint density at radius 1 is 1.10 bits per heavy atom. The highest BCUT2D eigenvalue weighted by Crippen LogP contribution is 2.40. The summed E-state index contributed by atoms with van der Waals surface area (Å²) in [5.41, 5.74) is -4.31. The quantitative estimate of drug-likeness (QED) is 0.265. The molecular formula is C23H22F7N4O6P. The van der Waals surface area contributed by atoms with Gasteiger partial charge in [0.05, 0.1) is 36.4 Å². The van der Waals surface area contributed by atoms with E-state index >= 15 is 0 Å². The molecule has 224 valence electrons. The van der Waals surface area contributed by atoms with E-state index in [1.807, 2.05) is 0 Å². The van der Waals surface area contributed by atoms with Gasteiger partial charge in [0.15, 0.2) is 6.29 Å². The monoisotopic (exact) mass is 614 g/mol. The second kappa shape index (κ2) is 11.3. The average Bonchev–Trinajstić information content (AvgIpc) is 3.24. The predicted octanol–water partition coefficient (Wildman–Crippen LogP) is 4.37. The molecule has 1 saturated heterocycles. The van der Waals surface area contributed by atoms with Gasteiger partial charge in [-0.05, 0) is 48.4 Å². The Morgan fingerprint density at radius 3 is 2.20 bits per heavy atom. The third kappa shape index (κ3) is 7.23. The molecule has 1 fully saturated rings. The van der Waals surface area contributed by atoms with E-state index in [0.717, 1.165) is 12.1 Å². The van der Waals surface area contributed by atoms with Crippen molar-refractivity contribution in [2.24, 2.45) is 0 Å². The maximum atomic E-state index is 13.7. The minimum absolute atomic E-state index is 0.00603. The molecule has 1 aromatic heterocycles. The van der Waals surface area contributed by atoms with Gasteiger partial charge in [0, 0.05) is 6.54 Å². The number of rotatable bonds is 7. The summed E-state index contributed by atoms with van der Waals surface area (Å²) in [4.78, 5) is 34.3. The largest absolute Gasteiger partial charge is 0.454 e. The Bertz CT molecular complexity index is 1450. The van der Waals surface area contributed by atoms with Crippen LogP contribution >= 0.6 is 7.75 Å². The Morgan fingerprint density at radius 2 is 1.68 bits per heavy atom. The molecule has 1 aliphatic heterocycles. The number of nitrogens with one attached hydrogen (secondary N) is 1. The first-order valence-corrected chi connectivity index (χ1v) is 13.3. The minimum atomic E-state index is -5.07. The molecule has 0 saturated carbocycles. The highest BCUT2D eigenvalue weighted by Gasteiger charge is 2.39. The fourth-order valence-corrected chi connectivity index (χ4v) is 4.81. The number of halogens is 7. The standard InChI is InChI=1S/C23H22F7N4O6P/c1-12(14-8-15(22(25,26)27)10-16(9-14)23(28,29)30)40-20-19(13-2-4-17(24)5-3-13)33(6-7-39-20)11-18-31-21(35)34(32-18)41(36,37)38/h2-5,8-10,12,19-20H,6-7,11H2,1H3,(H,31,32,35)(H2,36,37,38)/t12-,19+,20-/m0/s1. The summed E-state index contributed by atoms with van der Waals surface area (Å²) in [6.07, 6.45) is -12.8. The van der Waals surface area contributed by atoms with Gasteiger partial charge >= 0.3 is 25.8 Å². The van der Waals surface area contributed by atoms with Crippen molar-refractivity contribution in [2.75, 3.05) is 13.2 Å². The van der Waals surface area contributed by atoms with Crippen LogP contribution in [0.3, 0.4) is 0 Å². The predicted molar refractivity (Wildman–Crippen MR) is 126 cm³/mol. The maximum absolute atomic E-state index is 13.7. The van der Waals surface area contributed by atoms with Crippen molar-refractivity contribution in [2.45, 2.75) is 44.3 Å². The SMILES string of the molecule is C[C@H](O[C@@H]1OCCN(Cc2nn(P(=O)(O)O)c(=O)[nH]2)[C@@H]1c1ccc(F)cc1)c1cc(C(F)(F)F)cc(C(F)(F)F)c1. The number of H-pyrrole nitrogens is 1. The fraction of sp³-hybridized carbons (Fsp3) is 0.391. The third-order valence-electron chi connectivity index (χ3n) is 6.19. The number of benzene rings is 2. The molecule has 3 aromatic rings. The lowest BCUT2D eigenvalue weighted by atomic mass is 10.0. The smallest absolute Gasteiger partial charge is 0.349 e. The number of alkyl halides is 6. The zero-order chi connectivity index (χ0) is 30.3. The van der Waals surface area contributed by atoms with Gasteiger partial charge < -0.3 is 19.3 Å². The van der Waals surface area contributed by atoms with Crippen LogP contribution in [0.5, 0.6) is 0 Å². The van der Waals surface area contributed by atoms with Crippen LogP contribution in [0.2, 0.25) is 0 Å². The molecule has 1 aliphatic rings. The molecule has 0 bridgehead atoms. The molecule has 2 heterocycles. The molecule has 10 nitrogen and oxygen atoms in total. The summed E-state index contributed by atoms with van der Waals surface area (Å²) in [7, 11) is -5.07. The highest BCUT2D eigenvalue weighted by atomic mass is 31.2. The molecular weight excluding hydrogens is 592 g/mol. The van der Waals surface area contributed by atoms with E-state index in [1.54, 1.807) is 4.90 Å². The molecule has 0 radical (unpaired) electrons. The average molecular weight is 614 g/mol. The van der Waals surface area contributed by atoms with Crippen molar-refractivity contribution >= 4 is 7.75 Å². The van der Waals surface area contributed by atoms with Crippen molar-refractivity contribution in [3.63, 3.8) is 0 Å². The van der Waals surface area contributed by atoms with Crippen LogP contribution in [0.25, 0.3) is 0 Å². The first kappa shape index (κ1) is 30.9. The molecule has 18 heteroatoms. The second-order valence-electron chi connectivity index (χ2n) is 9.10. The van der Waals surface area contributed by atoms with E-state index < -0.39 is 66.7 Å². The van der Waals surface area contributed by atoms with Crippen LogP contribution in [-0.4, -0.2) is 48.7 Å². The van der Waals surface area contributed by atoms with Gasteiger partial charge in [-0.2, -0.15) is 26.3 Å². The van der Waals surface area contributed by atoms with Crippen LogP contribution in [0, 0.1) is 5.82 Å². The van der Waals surface area contributed by atoms with E-state index in [0.29, 0.717) is 17.7 Å². The zero-order valence-electron chi connectivity index (χ0n) is 20.9. The number of hydrogen-bond acceptors (Lipinski definition) is 6. The second-order valence-corrected chi connectivity index (χ2v) is 10.5. The van der Waals surface area contributed by atoms with Gasteiger partial charge in [-0.3, -0.25) is 9.88 Å². The summed E-state index contributed by atoms with van der Waals surface area (Å²) in [6.45, 7) is 1.04. The summed E-state index contributed by atoms with van der Waals surface area (Å²) in [6, 6.07) is 5.01. The van der Waals surface area contributed by atoms with E-state index in [2.05, 4.69) is 10.1 Å². The molecule has 0 spiro atoms. The van der Waals surface area contributed by atoms with Crippen LogP contribution in [0.4, 0.5) is 30.7 Å². The molecule has 3 atom stereocenters. The fourth-order valence-electron chi connectivity index (χ4n) is 4.30. The summed E-state index contributed by atoms with van der Waals surface area (Å²) in [5.74, 6) is -0.775. The van der Waals surface area contributed by atoms with Gasteiger partial charge in [0.25, 0.3) is 0 Å². The molecule has 2 aromatic carbocycles. The van der Waals surface area contributed by atoms with Gasteiger partial charge in [0.2, 0.25) is 0 Å². The lowest BCUT2D eigenvalue weighted by molar-refractivity contribution is -0.231. The van der Waals surface area contributed by atoms with E-state index in [9.17, 15) is 49.9 Å². The third-order valence-corrected chi connectivity index (χ3v) is 6.95.